The number of nitrogens with zero attached hydrogens (tertiary/aromatic N) is 7. The van der Waals surface area contributed by atoms with Crippen LogP contribution in [0.15, 0.2) is 35.5 Å². The molecule has 0 saturated carbocycles. The molecule has 5 rings (SSSR count). The first-order valence-corrected chi connectivity index (χ1v) is 8.20. The predicted molar refractivity (Wildman–Crippen MR) is 93.6 cm³/mol. The summed E-state index contributed by atoms with van der Waals surface area (Å²) < 4.78 is 4.97. The Kier molecular flexibility index (Phi) is 2.98. The van der Waals surface area contributed by atoms with E-state index in [9.17, 15) is 4.79 Å². The fourth-order valence-corrected chi connectivity index (χ4v) is 3.27. The number of fused-ring (bicyclic) bond motifs is 2. The molecule has 1 aliphatic rings. The molecule has 4 aromatic rings. The van der Waals surface area contributed by atoms with Crippen molar-refractivity contribution in [2.24, 2.45) is 7.05 Å². The lowest BCUT2D eigenvalue weighted by Crippen LogP contribution is -2.47. The maximum absolute atomic E-state index is 12.6. The number of nitriles is 1. The number of aromatic nitrogens is 6. The standard InChI is InChI=1S/C17H14N8O/c1-23-14-9-20-15(22-16(14)25(17(23)26)11-6-19-7-11)12-8-21-24-3-2-10(5-18)4-13(12)24/h2-4,8-9,11,19H,6-7H2,1H3. The Hall–Kier alpha value is -3.51. The van der Waals surface area contributed by atoms with E-state index in [1.54, 1.807) is 51.4 Å². The van der Waals surface area contributed by atoms with Crippen LogP contribution in [0.5, 0.6) is 0 Å². The average molecular weight is 346 g/mol. The van der Waals surface area contributed by atoms with Gasteiger partial charge in [0.1, 0.15) is 5.52 Å². The summed E-state index contributed by atoms with van der Waals surface area (Å²) in [6.07, 6.45) is 5.07. The number of rotatable bonds is 2. The van der Waals surface area contributed by atoms with Crippen LogP contribution in [-0.2, 0) is 7.05 Å². The van der Waals surface area contributed by atoms with Crippen LogP contribution in [-0.4, -0.2) is 41.8 Å². The van der Waals surface area contributed by atoms with Crippen LogP contribution in [0, 0.1) is 11.3 Å². The van der Waals surface area contributed by atoms with E-state index in [0.717, 1.165) is 24.2 Å². The van der Waals surface area contributed by atoms with Crippen molar-refractivity contribution in [3.05, 3.63) is 46.8 Å². The van der Waals surface area contributed by atoms with E-state index in [4.69, 9.17) is 5.26 Å². The van der Waals surface area contributed by atoms with E-state index in [2.05, 4.69) is 26.5 Å². The molecule has 1 N–H and O–H groups in total. The summed E-state index contributed by atoms with van der Waals surface area (Å²) in [6, 6.07) is 5.68. The van der Waals surface area contributed by atoms with E-state index in [-0.39, 0.29) is 11.7 Å². The third kappa shape index (κ3) is 1.93. The van der Waals surface area contributed by atoms with Gasteiger partial charge in [0.05, 0.1) is 41.1 Å². The van der Waals surface area contributed by atoms with Crippen molar-refractivity contribution >= 4 is 16.7 Å². The summed E-state index contributed by atoms with van der Waals surface area (Å²) in [7, 11) is 1.73. The number of hydrogen-bond acceptors (Lipinski definition) is 6. The maximum atomic E-state index is 12.6. The third-order valence-corrected chi connectivity index (χ3v) is 4.85. The normalized spacial score (nSPS) is 14.6. The summed E-state index contributed by atoms with van der Waals surface area (Å²) in [6.45, 7) is 1.50. The lowest BCUT2D eigenvalue weighted by Gasteiger charge is -2.27. The molecule has 9 heteroatoms. The van der Waals surface area contributed by atoms with Gasteiger partial charge >= 0.3 is 5.69 Å². The van der Waals surface area contributed by atoms with Crippen molar-refractivity contribution in [1.82, 2.24) is 34.0 Å². The zero-order chi connectivity index (χ0) is 17.8. The van der Waals surface area contributed by atoms with Crippen molar-refractivity contribution in [1.29, 1.82) is 5.26 Å². The zero-order valence-electron chi connectivity index (χ0n) is 13.9. The molecule has 1 aliphatic heterocycles. The van der Waals surface area contributed by atoms with Crippen molar-refractivity contribution in [2.75, 3.05) is 13.1 Å². The van der Waals surface area contributed by atoms with E-state index >= 15 is 0 Å². The van der Waals surface area contributed by atoms with Gasteiger partial charge in [-0.15, -0.1) is 0 Å². The smallest absolute Gasteiger partial charge is 0.313 e. The third-order valence-electron chi connectivity index (χ3n) is 4.85. The predicted octanol–water partition coefficient (Wildman–Crippen LogP) is 0.461. The van der Waals surface area contributed by atoms with Crippen molar-refractivity contribution < 1.29 is 0 Å². The summed E-state index contributed by atoms with van der Waals surface area (Å²) in [4.78, 5) is 21.7. The van der Waals surface area contributed by atoms with Gasteiger partial charge in [-0.05, 0) is 12.1 Å². The number of aryl methyl sites for hydroxylation is 1. The highest BCUT2D eigenvalue weighted by Gasteiger charge is 2.26. The summed E-state index contributed by atoms with van der Waals surface area (Å²) in [5, 5.41) is 16.6. The molecule has 0 radical (unpaired) electrons. The monoisotopic (exact) mass is 346 g/mol. The Balaban J connectivity index is 1.76. The van der Waals surface area contributed by atoms with Crippen LogP contribution in [0.25, 0.3) is 28.1 Å². The highest BCUT2D eigenvalue weighted by molar-refractivity contribution is 5.80. The molecule has 26 heavy (non-hydrogen) atoms. The number of imidazole rings is 1. The van der Waals surface area contributed by atoms with Crippen molar-refractivity contribution in [3.8, 4) is 17.5 Å². The minimum Gasteiger partial charge on any atom is -0.313 e. The fourth-order valence-electron chi connectivity index (χ4n) is 3.27. The van der Waals surface area contributed by atoms with Gasteiger partial charge in [-0.2, -0.15) is 10.4 Å². The van der Waals surface area contributed by atoms with Gasteiger partial charge in [-0.25, -0.2) is 19.3 Å². The summed E-state index contributed by atoms with van der Waals surface area (Å²) >= 11 is 0. The van der Waals surface area contributed by atoms with Crippen LogP contribution in [0.3, 0.4) is 0 Å². The van der Waals surface area contributed by atoms with Gasteiger partial charge in [0, 0.05) is 26.3 Å². The van der Waals surface area contributed by atoms with Crippen LogP contribution in [0.4, 0.5) is 0 Å². The first kappa shape index (κ1) is 14.8. The molecule has 1 fully saturated rings. The van der Waals surface area contributed by atoms with Crippen molar-refractivity contribution in [3.63, 3.8) is 0 Å². The highest BCUT2D eigenvalue weighted by Crippen LogP contribution is 2.24. The number of nitrogens with one attached hydrogen (secondary N) is 1. The van der Waals surface area contributed by atoms with Gasteiger partial charge in [0.2, 0.25) is 0 Å². The molecule has 0 aromatic carbocycles. The zero-order valence-corrected chi connectivity index (χ0v) is 13.9. The molecule has 0 spiro atoms. The van der Waals surface area contributed by atoms with Gasteiger partial charge in [-0.3, -0.25) is 9.13 Å². The minimum atomic E-state index is -0.0930. The Morgan fingerprint density at radius 2 is 2.15 bits per heavy atom. The quantitative estimate of drug-likeness (QED) is 0.565. The SMILES string of the molecule is Cn1c(=O)n(C2CNC2)c2nc(-c3cnn4ccc(C#N)cc34)ncc21. The fraction of sp³-hybridized carbons (Fsp3) is 0.235. The average Bonchev–Trinajstić information content (AvgIpc) is 3.14. The molecule has 0 unspecified atom stereocenters. The van der Waals surface area contributed by atoms with E-state index in [1.165, 1.54) is 0 Å². The van der Waals surface area contributed by atoms with Crippen LogP contribution in [0.1, 0.15) is 11.6 Å². The topological polar surface area (TPSA) is 106 Å². The first-order chi connectivity index (χ1) is 12.7. The van der Waals surface area contributed by atoms with Crippen molar-refractivity contribution in [2.45, 2.75) is 6.04 Å². The Labute approximate surface area is 147 Å². The van der Waals surface area contributed by atoms with E-state index in [1.807, 2.05) is 0 Å². The molecule has 0 bridgehead atoms. The lowest BCUT2D eigenvalue weighted by molar-refractivity contribution is 0.340. The first-order valence-electron chi connectivity index (χ1n) is 8.20. The Morgan fingerprint density at radius 3 is 2.88 bits per heavy atom. The second-order valence-electron chi connectivity index (χ2n) is 6.34. The van der Waals surface area contributed by atoms with Gasteiger partial charge in [0.25, 0.3) is 0 Å². The van der Waals surface area contributed by atoms with Crippen LogP contribution >= 0.6 is 0 Å². The lowest BCUT2D eigenvalue weighted by atomic mass is 10.2. The second-order valence-corrected chi connectivity index (χ2v) is 6.34. The molecule has 4 aromatic heterocycles. The summed E-state index contributed by atoms with van der Waals surface area (Å²) in [5.41, 5.74) is 3.23. The molecule has 0 amide bonds. The molecule has 5 heterocycles. The molecule has 0 atom stereocenters. The highest BCUT2D eigenvalue weighted by atomic mass is 16.1. The largest absolute Gasteiger partial charge is 0.330 e. The molecule has 0 aliphatic carbocycles. The molecular formula is C17H14N8O. The Bertz CT molecular complexity index is 1270. The van der Waals surface area contributed by atoms with E-state index < -0.39 is 0 Å². The van der Waals surface area contributed by atoms with Gasteiger partial charge < -0.3 is 5.32 Å². The Morgan fingerprint density at radius 1 is 1.31 bits per heavy atom. The maximum Gasteiger partial charge on any atom is 0.330 e. The summed E-state index contributed by atoms with van der Waals surface area (Å²) in [5.74, 6) is 0.481. The second kappa shape index (κ2) is 5.24. The molecule has 128 valence electrons. The van der Waals surface area contributed by atoms with Crippen LogP contribution < -0.4 is 11.0 Å². The number of hydrogen-bond donors (Lipinski definition) is 1. The van der Waals surface area contributed by atoms with Gasteiger partial charge in [-0.1, -0.05) is 0 Å². The minimum absolute atomic E-state index is 0.0930. The van der Waals surface area contributed by atoms with Gasteiger partial charge in [0.15, 0.2) is 11.5 Å². The van der Waals surface area contributed by atoms with Crippen LogP contribution in [0.2, 0.25) is 0 Å². The van der Waals surface area contributed by atoms with E-state index in [0.29, 0.717) is 22.6 Å². The molecule has 1 saturated heterocycles. The molecule has 9 nitrogen and oxygen atoms in total. The molecular weight excluding hydrogens is 332 g/mol. The number of pyridine rings is 1.